The fourth-order valence-electron chi connectivity index (χ4n) is 2.32. The summed E-state index contributed by atoms with van der Waals surface area (Å²) in [6.07, 6.45) is 0.767. The molecule has 136 valence electrons. The van der Waals surface area contributed by atoms with Crippen LogP contribution in [0.4, 0.5) is 0 Å². The van der Waals surface area contributed by atoms with Gasteiger partial charge in [-0.25, -0.2) is 4.98 Å². The van der Waals surface area contributed by atoms with Crippen LogP contribution in [-0.2, 0) is 24.0 Å². The number of amides is 1. The fraction of sp³-hybridized carbons (Fsp3) is 0.294. The van der Waals surface area contributed by atoms with Gasteiger partial charge < -0.3 is 15.0 Å². The van der Waals surface area contributed by atoms with Gasteiger partial charge in [-0.2, -0.15) is 0 Å². The summed E-state index contributed by atoms with van der Waals surface area (Å²) in [6, 6.07) is 7.87. The summed E-state index contributed by atoms with van der Waals surface area (Å²) in [5, 5.41) is 12.1. The second-order valence-electron chi connectivity index (χ2n) is 5.59. The van der Waals surface area contributed by atoms with Crippen molar-refractivity contribution in [3.05, 3.63) is 41.2 Å². The van der Waals surface area contributed by atoms with Crippen molar-refractivity contribution in [3.63, 3.8) is 0 Å². The first-order chi connectivity index (χ1) is 12.6. The smallest absolute Gasteiger partial charge is 0.217 e. The summed E-state index contributed by atoms with van der Waals surface area (Å²) in [7, 11) is 3.54. The van der Waals surface area contributed by atoms with Crippen LogP contribution in [0.25, 0.3) is 10.6 Å². The molecule has 0 spiro atoms. The van der Waals surface area contributed by atoms with E-state index in [1.165, 1.54) is 0 Å². The van der Waals surface area contributed by atoms with Crippen molar-refractivity contribution in [3.8, 4) is 16.3 Å². The quantitative estimate of drug-likeness (QED) is 0.595. The lowest BCUT2D eigenvalue weighted by molar-refractivity contribution is -0.118. The maximum absolute atomic E-state index is 10.9. The molecule has 3 aromatic rings. The summed E-state index contributed by atoms with van der Waals surface area (Å²) in [5.74, 6) is 1.93. The third-order valence-corrected chi connectivity index (χ3v) is 5.73. The number of ether oxygens (including phenoxy) is 1. The highest BCUT2D eigenvalue weighted by atomic mass is 32.2. The van der Waals surface area contributed by atoms with E-state index in [1.54, 1.807) is 30.2 Å². The molecule has 9 heteroatoms. The van der Waals surface area contributed by atoms with Gasteiger partial charge in [0.05, 0.1) is 12.8 Å². The van der Waals surface area contributed by atoms with Crippen LogP contribution >= 0.6 is 23.1 Å². The van der Waals surface area contributed by atoms with Crippen LogP contribution in [-0.4, -0.2) is 32.8 Å². The lowest BCUT2D eigenvalue weighted by Crippen LogP contribution is -2.12. The molecule has 3 rings (SSSR count). The van der Waals surface area contributed by atoms with Crippen molar-refractivity contribution in [2.24, 2.45) is 12.8 Å². The Labute approximate surface area is 159 Å². The number of aryl methyl sites for hydroxylation is 1. The van der Waals surface area contributed by atoms with E-state index in [9.17, 15) is 4.79 Å². The zero-order valence-electron chi connectivity index (χ0n) is 14.5. The van der Waals surface area contributed by atoms with Crippen molar-refractivity contribution in [1.82, 2.24) is 19.7 Å². The lowest BCUT2D eigenvalue weighted by atomic mass is 10.2. The van der Waals surface area contributed by atoms with E-state index in [0.717, 1.165) is 33.0 Å². The first kappa shape index (κ1) is 18.4. The number of nitrogens with zero attached hydrogens (tertiary/aromatic N) is 4. The monoisotopic (exact) mass is 389 g/mol. The second kappa shape index (κ2) is 8.33. The number of primary amides is 1. The van der Waals surface area contributed by atoms with E-state index < -0.39 is 0 Å². The predicted molar refractivity (Wildman–Crippen MR) is 102 cm³/mol. The zero-order chi connectivity index (χ0) is 18.5. The minimum absolute atomic E-state index is 0.270. The molecule has 0 radical (unpaired) electrons. The van der Waals surface area contributed by atoms with Crippen LogP contribution in [0.15, 0.2) is 34.8 Å². The summed E-state index contributed by atoms with van der Waals surface area (Å²) < 4.78 is 7.16. The van der Waals surface area contributed by atoms with Crippen LogP contribution < -0.4 is 10.5 Å². The largest absolute Gasteiger partial charge is 0.497 e. The van der Waals surface area contributed by atoms with Crippen LogP contribution in [0, 0.1) is 0 Å². The summed E-state index contributed by atoms with van der Waals surface area (Å²) in [5.41, 5.74) is 7.21. The molecule has 0 saturated heterocycles. The van der Waals surface area contributed by atoms with Gasteiger partial charge in [-0.15, -0.1) is 21.5 Å². The SMILES string of the molecule is COc1cccc(-c2nc(CSc3nnc(CCC(N)=O)n3C)cs2)c1. The highest BCUT2D eigenvalue weighted by molar-refractivity contribution is 7.98. The maximum Gasteiger partial charge on any atom is 0.217 e. The summed E-state index contributed by atoms with van der Waals surface area (Å²) >= 11 is 3.17. The summed E-state index contributed by atoms with van der Waals surface area (Å²) in [6.45, 7) is 0. The van der Waals surface area contributed by atoms with Crippen molar-refractivity contribution in [2.45, 2.75) is 23.8 Å². The number of carbonyl (C=O) groups is 1. The average Bonchev–Trinajstić information content (AvgIpc) is 3.25. The third-order valence-electron chi connectivity index (χ3n) is 3.74. The molecule has 0 bridgehead atoms. The maximum atomic E-state index is 10.9. The third kappa shape index (κ3) is 4.41. The first-order valence-corrected chi connectivity index (χ1v) is 9.81. The van der Waals surface area contributed by atoms with Crippen molar-refractivity contribution in [1.29, 1.82) is 0 Å². The van der Waals surface area contributed by atoms with Crippen molar-refractivity contribution >= 4 is 29.0 Å². The van der Waals surface area contributed by atoms with Gasteiger partial charge in [-0.3, -0.25) is 4.79 Å². The molecule has 2 aromatic heterocycles. The first-order valence-electron chi connectivity index (χ1n) is 7.95. The molecule has 2 N–H and O–H groups in total. The number of thiazole rings is 1. The molecule has 0 unspecified atom stereocenters. The highest BCUT2D eigenvalue weighted by Crippen LogP contribution is 2.29. The van der Waals surface area contributed by atoms with E-state index in [1.807, 2.05) is 41.3 Å². The minimum Gasteiger partial charge on any atom is -0.497 e. The van der Waals surface area contributed by atoms with Crippen LogP contribution in [0.2, 0.25) is 0 Å². The number of hydrogen-bond donors (Lipinski definition) is 1. The molecule has 0 fully saturated rings. The molecule has 0 aliphatic carbocycles. The molecule has 0 aliphatic heterocycles. The van der Waals surface area contributed by atoms with Gasteiger partial charge >= 0.3 is 0 Å². The Kier molecular flexibility index (Phi) is 5.89. The van der Waals surface area contributed by atoms with E-state index >= 15 is 0 Å². The van der Waals surface area contributed by atoms with Crippen molar-refractivity contribution in [2.75, 3.05) is 7.11 Å². The van der Waals surface area contributed by atoms with Gasteiger partial charge in [-0.1, -0.05) is 23.9 Å². The molecule has 0 atom stereocenters. The molecule has 2 heterocycles. The number of thioether (sulfide) groups is 1. The molecular formula is C17H19N5O2S2. The van der Waals surface area contributed by atoms with E-state index in [-0.39, 0.29) is 12.3 Å². The van der Waals surface area contributed by atoms with E-state index in [0.29, 0.717) is 12.2 Å². The molecular weight excluding hydrogens is 370 g/mol. The normalized spacial score (nSPS) is 10.8. The number of rotatable bonds is 8. The van der Waals surface area contributed by atoms with Gasteiger partial charge in [-0.05, 0) is 12.1 Å². The molecule has 0 saturated carbocycles. The van der Waals surface area contributed by atoms with Gasteiger partial charge in [0, 0.05) is 36.6 Å². The Bertz CT molecular complexity index is 906. The van der Waals surface area contributed by atoms with Gasteiger partial charge in [0.15, 0.2) is 5.16 Å². The second-order valence-corrected chi connectivity index (χ2v) is 7.39. The lowest BCUT2D eigenvalue weighted by Gasteiger charge is -2.02. The number of hydrogen-bond acceptors (Lipinski definition) is 7. The Morgan fingerprint density at radius 2 is 2.23 bits per heavy atom. The number of carbonyl (C=O) groups excluding carboxylic acids is 1. The Balaban J connectivity index is 1.64. The van der Waals surface area contributed by atoms with Gasteiger partial charge in [0.1, 0.15) is 16.6 Å². The zero-order valence-corrected chi connectivity index (χ0v) is 16.1. The standard InChI is InChI=1S/C17H19N5O2S2/c1-22-15(7-6-14(18)23)20-21-17(22)26-10-12-9-25-16(19-12)11-4-3-5-13(8-11)24-2/h3-5,8-9H,6-7,10H2,1-2H3,(H2,18,23). The van der Waals surface area contributed by atoms with Crippen LogP contribution in [0.5, 0.6) is 5.75 Å². The predicted octanol–water partition coefficient (Wildman–Crippen LogP) is 2.66. The topological polar surface area (TPSA) is 95.9 Å². The van der Waals surface area contributed by atoms with Crippen LogP contribution in [0.1, 0.15) is 17.9 Å². The van der Waals surface area contributed by atoms with Gasteiger partial charge in [0.25, 0.3) is 0 Å². The number of methoxy groups -OCH3 is 1. The van der Waals surface area contributed by atoms with Crippen LogP contribution in [0.3, 0.4) is 0 Å². The highest BCUT2D eigenvalue weighted by Gasteiger charge is 2.12. The molecule has 0 aliphatic rings. The van der Waals surface area contributed by atoms with Crippen molar-refractivity contribution < 1.29 is 9.53 Å². The molecule has 1 aromatic carbocycles. The summed E-state index contributed by atoms with van der Waals surface area (Å²) in [4.78, 5) is 15.6. The Morgan fingerprint density at radius 1 is 1.38 bits per heavy atom. The fourth-order valence-corrected chi connectivity index (χ4v) is 4.07. The molecule has 26 heavy (non-hydrogen) atoms. The Hall–Kier alpha value is -2.39. The van der Waals surface area contributed by atoms with E-state index in [4.69, 9.17) is 15.5 Å². The van der Waals surface area contributed by atoms with E-state index in [2.05, 4.69) is 10.2 Å². The molecule has 1 amide bonds. The number of aromatic nitrogens is 4. The number of benzene rings is 1. The van der Waals surface area contributed by atoms with Gasteiger partial charge in [0.2, 0.25) is 5.91 Å². The Morgan fingerprint density at radius 3 is 3.00 bits per heavy atom. The molecule has 7 nitrogen and oxygen atoms in total. The average molecular weight is 390 g/mol. The number of nitrogens with two attached hydrogens (primary N) is 1. The minimum atomic E-state index is -0.338.